The summed E-state index contributed by atoms with van der Waals surface area (Å²) in [4.78, 5) is 45.5. The SMILES string of the molecule is C=C(CN1CCS(=O)(=O)CC1)C(=O)CC[C@H](Cc1ccccc1)NC(=O)[C@@H](CC(C)=O)Cc1nc2ccc(CC)cc2s1. The Morgan fingerprint density at radius 3 is 2.44 bits per heavy atom. The summed E-state index contributed by atoms with van der Waals surface area (Å²) in [6.07, 6.45) is 2.58. The number of nitrogens with one attached hydrogen (secondary N) is 1. The summed E-state index contributed by atoms with van der Waals surface area (Å²) in [5, 5.41) is 3.98. The molecule has 0 bridgehead atoms. The van der Waals surface area contributed by atoms with Gasteiger partial charge in [0.25, 0.3) is 0 Å². The minimum atomic E-state index is -3.00. The van der Waals surface area contributed by atoms with E-state index in [-0.39, 0.29) is 47.9 Å². The van der Waals surface area contributed by atoms with Crippen LogP contribution >= 0.6 is 11.3 Å². The highest BCUT2D eigenvalue weighted by Crippen LogP contribution is 2.26. The maximum Gasteiger partial charge on any atom is 0.224 e. The summed E-state index contributed by atoms with van der Waals surface area (Å²) >= 11 is 1.56. The Morgan fingerprint density at radius 2 is 1.77 bits per heavy atom. The number of aromatic nitrogens is 1. The Bertz CT molecular complexity index is 1550. The van der Waals surface area contributed by atoms with Crippen molar-refractivity contribution in [2.45, 2.75) is 58.4 Å². The first kappa shape index (κ1) is 32.7. The number of hydrogen-bond acceptors (Lipinski definition) is 8. The van der Waals surface area contributed by atoms with Gasteiger partial charge in [-0.15, -0.1) is 11.3 Å². The minimum absolute atomic E-state index is 0.0638. The molecule has 10 heteroatoms. The van der Waals surface area contributed by atoms with Crippen LogP contribution in [-0.2, 0) is 43.5 Å². The zero-order valence-electron chi connectivity index (χ0n) is 25.0. The third-order valence-electron chi connectivity index (χ3n) is 7.87. The molecule has 2 aromatic carbocycles. The van der Waals surface area contributed by atoms with Crippen LogP contribution < -0.4 is 5.32 Å². The lowest BCUT2D eigenvalue weighted by Gasteiger charge is -2.27. The molecule has 43 heavy (non-hydrogen) atoms. The zero-order chi connectivity index (χ0) is 31.0. The van der Waals surface area contributed by atoms with Crippen molar-refractivity contribution in [3.05, 3.63) is 76.8 Å². The van der Waals surface area contributed by atoms with Crippen LogP contribution in [-0.4, -0.2) is 73.0 Å². The fourth-order valence-electron chi connectivity index (χ4n) is 5.33. The summed E-state index contributed by atoms with van der Waals surface area (Å²) in [6.45, 7) is 8.71. The van der Waals surface area contributed by atoms with Crippen LogP contribution in [0.3, 0.4) is 0 Å². The molecule has 1 fully saturated rings. The van der Waals surface area contributed by atoms with Gasteiger partial charge >= 0.3 is 0 Å². The van der Waals surface area contributed by atoms with Crippen LogP contribution in [0.4, 0.5) is 0 Å². The van der Waals surface area contributed by atoms with Gasteiger partial charge in [0.2, 0.25) is 5.91 Å². The number of Topliss-reactive ketones (excluding diaryl/α,β-unsaturated/α-hetero) is 2. The number of fused-ring (bicyclic) bond motifs is 1. The van der Waals surface area contributed by atoms with Gasteiger partial charge in [0, 0.05) is 50.5 Å². The fourth-order valence-corrected chi connectivity index (χ4v) is 7.72. The maximum absolute atomic E-state index is 13.6. The van der Waals surface area contributed by atoms with E-state index >= 15 is 0 Å². The summed E-state index contributed by atoms with van der Waals surface area (Å²) in [5.41, 5.74) is 3.60. The highest BCUT2D eigenvalue weighted by molar-refractivity contribution is 7.91. The lowest BCUT2D eigenvalue weighted by molar-refractivity contribution is -0.129. The largest absolute Gasteiger partial charge is 0.353 e. The highest BCUT2D eigenvalue weighted by atomic mass is 32.2. The summed E-state index contributed by atoms with van der Waals surface area (Å²) < 4.78 is 24.5. The monoisotopic (exact) mass is 623 g/mol. The lowest BCUT2D eigenvalue weighted by Crippen LogP contribution is -2.42. The number of thiazole rings is 1. The minimum Gasteiger partial charge on any atom is -0.353 e. The Morgan fingerprint density at radius 1 is 1.05 bits per heavy atom. The van der Waals surface area contributed by atoms with Crippen LogP contribution in [0, 0.1) is 5.92 Å². The molecule has 2 heterocycles. The average Bonchev–Trinajstić information content (AvgIpc) is 3.38. The van der Waals surface area contributed by atoms with E-state index in [1.807, 2.05) is 41.3 Å². The molecule has 1 aliphatic rings. The van der Waals surface area contributed by atoms with Crippen molar-refractivity contribution < 1.29 is 22.8 Å². The number of amides is 1. The molecule has 1 aromatic heterocycles. The lowest BCUT2D eigenvalue weighted by atomic mass is 9.95. The number of aryl methyl sites for hydroxylation is 1. The Kier molecular flexibility index (Phi) is 11.4. The van der Waals surface area contributed by atoms with E-state index < -0.39 is 15.8 Å². The molecule has 0 saturated carbocycles. The van der Waals surface area contributed by atoms with Gasteiger partial charge in [-0.1, -0.05) is 49.9 Å². The van der Waals surface area contributed by atoms with Gasteiger partial charge in [-0.05, 0) is 49.4 Å². The van der Waals surface area contributed by atoms with Crippen LogP contribution in [0.2, 0.25) is 0 Å². The smallest absolute Gasteiger partial charge is 0.224 e. The van der Waals surface area contributed by atoms with Gasteiger partial charge in [-0.2, -0.15) is 0 Å². The molecule has 0 aliphatic carbocycles. The Balaban J connectivity index is 1.42. The van der Waals surface area contributed by atoms with Crippen molar-refractivity contribution in [1.82, 2.24) is 15.2 Å². The number of sulfone groups is 1. The molecular weight excluding hydrogens is 583 g/mol. The predicted octanol–water partition coefficient (Wildman–Crippen LogP) is 4.36. The third kappa shape index (κ3) is 9.91. The second-order valence-electron chi connectivity index (χ2n) is 11.5. The van der Waals surface area contributed by atoms with Crippen LogP contribution in [0.1, 0.15) is 49.2 Å². The standard InChI is InChI=1S/C33H41N3O5S2/c1-4-25-10-12-29-31(20-25)42-32(35-29)21-27(18-24(3)37)33(39)34-28(19-26-8-6-5-7-9-26)11-13-30(38)23(2)22-36-14-16-43(40,41)17-15-36/h5-10,12,20,27-28H,2,4,11,13-19,21-22H2,1,3H3,(H,34,39)/t27-,28+/m0/s1. The molecule has 0 unspecified atom stereocenters. The topological polar surface area (TPSA) is 114 Å². The van der Waals surface area contributed by atoms with E-state index in [0.717, 1.165) is 27.2 Å². The van der Waals surface area contributed by atoms with E-state index in [9.17, 15) is 22.8 Å². The molecule has 3 aromatic rings. The van der Waals surface area contributed by atoms with Crippen molar-refractivity contribution in [1.29, 1.82) is 0 Å². The Hall–Kier alpha value is -3.21. The van der Waals surface area contributed by atoms with Gasteiger partial charge in [0.1, 0.15) is 5.78 Å². The summed E-state index contributed by atoms with van der Waals surface area (Å²) in [5.74, 6) is -0.753. The van der Waals surface area contributed by atoms with E-state index in [2.05, 4.69) is 31.0 Å². The average molecular weight is 624 g/mol. The summed E-state index contributed by atoms with van der Waals surface area (Å²) in [7, 11) is -3.00. The fraction of sp³-hybridized carbons (Fsp3) is 0.455. The van der Waals surface area contributed by atoms with Crippen molar-refractivity contribution in [2.24, 2.45) is 5.92 Å². The quantitative estimate of drug-likeness (QED) is 0.250. The second kappa shape index (κ2) is 15.0. The number of carbonyl (C=O) groups is 3. The van der Waals surface area contributed by atoms with E-state index in [1.54, 1.807) is 11.3 Å². The Labute approximate surface area is 258 Å². The van der Waals surface area contributed by atoms with Crippen molar-refractivity contribution >= 4 is 48.9 Å². The first-order valence-corrected chi connectivity index (χ1v) is 17.5. The van der Waals surface area contributed by atoms with Gasteiger partial charge in [0.15, 0.2) is 15.6 Å². The normalized spacial score (nSPS) is 16.4. The first-order chi connectivity index (χ1) is 20.5. The second-order valence-corrected chi connectivity index (χ2v) is 14.9. The van der Waals surface area contributed by atoms with Crippen LogP contribution in [0.15, 0.2) is 60.7 Å². The van der Waals surface area contributed by atoms with Crippen molar-refractivity contribution in [3.8, 4) is 0 Å². The number of benzene rings is 2. The molecular formula is C33H41N3O5S2. The number of carbonyl (C=O) groups excluding carboxylic acids is 3. The molecule has 0 radical (unpaired) electrons. The maximum atomic E-state index is 13.6. The van der Waals surface area contributed by atoms with Crippen molar-refractivity contribution in [3.63, 3.8) is 0 Å². The van der Waals surface area contributed by atoms with Gasteiger partial charge in [0.05, 0.1) is 32.6 Å². The van der Waals surface area contributed by atoms with E-state index in [1.165, 1.54) is 12.5 Å². The van der Waals surface area contributed by atoms with Crippen molar-refractivity contribution in [2.75, 3.05) is 31.1 Å². The van der Waals surface area contributed by atoms with Crippen LogP contribution in [0.25, 0.3) is 10.2 Å². The molecule has 2 atom stereocenters. The number of nitrogens with zero attached hydrogens (tertiary/aromatic N) is 2. The first-order valence-electron chi connectivity index (χ1n) is 14.9. The predicted molar refractivity (Wildman–Crippen MR) is 172 cm³/mol. The van der Waals surface area contributed by atoms with Gasteiger partial charge in [-0.3, -0.25) is 14.5 Å². The molecule has 1 saturated heterocycles. The van der Waals surface area contributed by atoms with Crippen LogP contribution in [0.5, 0.6) is 0 Å². The van der Waals surface area contributed by atoms with Gasteiger partial charge in [-0.25, -0.2) is 13.4 Å². The van der Waals surface area contributed by atoms with Gasteiger partial charge < -0.3 is 10.1 Å². The van der Waals surface area contributed by atoms with E-state index in [4.69, 9.17) is 4.98 Å². The summed E-state index contributed by atoms with van der Waals surface area (Å²) in [6, 6.07) is 15.7. The molecule has 8 nitrogen and oxygen atoms in total. The molecule has 1 N–H and O–H groups in total. The number of hydrogen-bond donors (Lipinski definition) is 1. The van der Waals surface area contributed by atoms with E-state index in [0.29, 0.717) is 44.5 Å². The molecule has 0 spiro atoms. The molecule has 1 aliphatic heterocycles. The number of ketones is 2. The highest BCUT2D eigenvalue weighted by Gasteiger charge is 2.27. The molecule has 4 rings (SSSR count). The zero-order valence-corrected chi connectivity index (χ0v) is 26.6. The number of rotatable bonds is 15. The molecule has 230 valence electrons. The molecule has 1 amide bonds. The third-order valence-corrected chi connectivity index (χ3v) is 10.5.